The van der Waals surface area contributed by atoms with E-state index in [4.69, 9.17) is 17.3 Å². The van der Waals surface area contributed by atoms with Gasteiger partial charge in [-0.15, -0.1) is 0 Å². The fraction of sp³-hybridized carbons (Fsp3) is 0.100. The first-order chi connectivity index (χ1) is 14.9. The van der Waals surface area contributed by atoms with Gasteiger partial charge in [0.15, 0.2) is 0 Å². The monoisotopic (exact) mass is 437 g/mol. The van der Waals surface area contributed by atoms with Crippen molar-refractivity contribution in [3.05, 3.63) is 86.0 Å². The number of para-hydroxylation sites is 1. The molecule has 1 atom stereocenters. The van der Waals surface area contributed by atoms with E-state index in [9.17, 15) is 14.9 Å². The third-order valence-corrected chi connectivity index (χ3v) is 4.93. The second kappa shape index (κ2) is 8.00. The molecular weight excluding hydrogens is 422 g/mol. The highest BCUT2D eigenvalue weighted by atomic mass is 35.5. The lowest BCUT2D eigenvalue weighted by Gasteiger charge is -2.20. The van der Waals surface area contributed by atoms with Gasteiger partial charge in [0.1, 0.15) is 12.0 Å². The van der Waals surface area contributed by atoms with Crippen LogP contribution in [0.4, 0.5) is 17.5 Å². The average molecular weight is 438 g/mol. The Morgan fingerprint density at radius 1 is 1.16 bits per heavy atom. The molecule has 0 fully saturated rings. The van der Waals surface area contributed by atoms with E-state index in [2.05, 4.69) is 20.3 Å². The second-order valence-corrected chi connectivity index (χ2v) is 7.07. The molecular formula is C20H16ClN7O3. The van der Waals surface area contributed by atoms with Gasteiger partial charge in [0, 0.05) is 0 Å². The van der Waals surface area contributed by atoms with Gasteiger partial charge in [-0.25, -0.2) is 9.97 Å². The van der Waals surface area contributed by atoms with Gasteiger partial charge in [0.25, 0.3) is 5.56 Å². The minimum Gasteiger partial charge on any atom is -0.368 e. The van der Waals surface area contributed by atoms with Crippen LogP contribution >= 0.6 is 11.6 Å². The Labute approximate surface area is 180 Å². The molecule has 10 nitrogen and oxygen atoms in total. The molecule has 0 aliphatic rings. The summed E-state index contributed by atoms with van der Waals surface area (Å²) < 4.78 is 1.42. The minimum absolute atomic E-state index is 0.0787. The summed E-state index contributed by atoms with van der Waals surface area (Å²) in [4.78, 5) is 36.4. The number of nitrogens with two attached hydrogens (primary N) is 1. The smallest absolute Gasteiger partial charge is 0.329 e. The molecule has 0 radical (unpaired) electrons. The molecule has 11 heteroatoms. The first kappa shape index (κ1) is 20.2. The first-order valence-electron chi connectivity index (χ1n) is 9.17. The van der Waals surface area contributed by atoms with Gasteiger partial charge < -0.3 is 11.1 Å². The van der Waals surface area contributed by atoms with E-state index < -0.39 is 11.0 Å². The van der Waals surface area contributed by atoms with Crippen LogP contribution in [0.3, 0.4) is 0 Å². The molecule has 31 heavy (non-hydrogen) atoms. The van der Waals surface area contributed by atoms with Crippen molar-refractivity contribution in [3.8, 4) is 5.69 Å². The molecule has 0 bridgehead atoms. The summed E-state index contributed by atoms with van der Waals surface area (Å²) in [5, 5.41) is 14.9. The van der Waals surface area contributed by atoms with Gasteiger partial charge in [-0.2, -0.15) is 4.98 Å². The Morgan fingerprint density at radius 2 is 1.90 bits per heavy atom. The summed E-state index contributed by atoms with van der Waals surface area (Å²) >= 11 is 6.28. The second-order valence-electron chi connectivity index (χ2n) is 6.67. The first-order valence-corrected chi connectivity index (χ1v) is 9.54. The fourth-order valence-electron chi connectivity index (χ4n) is 3.22. The van der Waals surface area contributed by atoms with Crippen molar-refractivity contribution in [2.45, 2.75) is 13.0 Å². The van der Waals surface area contributed by atoms with Gasteiger partial charge in [0.05, 0.1) is 32.6 Å². The van der Waals surface area contributed by atoms with Crippen LogP contribution in [0.5, 0.6) is 0 Å². The molecule has 0 aliphatic carbocycles. The van der Waals surface area contributed by atoms with E-state index in [-0.39, 0.29) is 33.4 Å². The maximum absolute atomic E-state index is 13.4. The van der Waals surface area contributed by atoms with Crippen LogP contribution in [0.25, 0.3) is 16.6 Å². The van der Waals surface area contributed by atoms with Crippen molar-refractivity contribution in [2.75, 3.05) is 11.1 Å². The Balaban J connectivity index is 1.92. The predicted octanol–water partition coefficient (Wildman–Crippen LogP) is 3.49. The number of nitro groups is 1. The van der Waals surface area contributed by atoms with Crippen molar-refractivity contribution in [1.82, 2.24) is 19.5 Å². The highest BCUT2D eigenvalue weighted by Gasteiger charge is 2.23. The number of nitrogens with one attached hydrogen (secondary N) is 1. The molecule has 4 rings (SSSR count). The summed E-state index contributed by atoms with van der Waals surface area (Å²) in [7, 11) is 0. The van der Waals surface area contributed by atoms with Gasteiger partial charge in [0.2, 0.25) is 11.8 Å². The van der Waals surface area contributed by atoms with Crippen molar-refractivity contribution in [2.24, 2.45) is 0 Å². The van der Waals surface area contributed by atoms with Gasteiger partial charge in [-0.1, -0.05) is 35.9 Å². The molecule has 0 saturated carbocycles. The Morgan fingerprint density at radius 3 is 2.61 bits per heavy atom. The Kier molecular flexibility index (Phi) is 5.22. The van der Waals surface area contributed by atoms with Gasteiger partial charge in [-0.3, -0.25) is 19.5 Å². The maximum atomic E-state index is 13.4. The molecule has 0 spiro atoms. The van der Waals surface area contributed by atoms with Crippen LogP contribution in [-0.2, 0) is 0 Å². The molecule has 2 aromatic carbocycles. The number of nitrogens with zero attached hydrogens (tertiary/aromatic N) is 5. The summed E-state index contributed by atoms with van der Waals surface area (Å²) in [5.41, 5.74) is 5.88. The zero-order chi connectivity index (χ0) is 22.1. The van der Waals surface area contributed by atoms with Crippen LogP contribution in [-0.4, -0.2) is 24.4 Å². The number of halogens is 1. The third-order valence-electron chi connectivity index (χ3n) is 4.61. The lowest BCUT2D eigenvalue weighted by molar-refractivity contribution is -0.384. The van der Waals surface area contributed by atoms with Crippen LogP contribution in [0.2, 0.25) is 5.02 Å². The van der Waals surface area contributed by atoms with Crippen LogP contribution < -0.4 is 16.6 Å². The number of fused-ring (bicyclic) bond motifs is 1. The molecule has 2 aromatic heterocycles. The molecule has 1 unspecified atom stereocenters. The van der Waals surface area contributed by atoms with E-state index in [1.165, 1.54) is 4.57 Å². The van der Waals surface area contributed by atoms with Crippen molar-refractivity contribution in [3.63, 3.8) is 0 Å². The van der Waals surface area contributed by atoms with E-state index in [0.717, 1.165) is 6.20 Å². The average Bonchev–Trinajstić information content (AvgIpc) is 2.74. The SMILES string of the molecule is CC(Nc1nc(N)ncc1[N+](=O)[O-])c1nc2cccc(Cl)c2c(=O)n1-c1ccccc1. The molecule has 156 valence electrons. The van der Waals surface area contributed by atoms with Crippen LogP contribution in [0.15, 0.2) is 59.5 Å². The number of anilines is 2. The van der Waals surface area contributed by atoms with Crippen molar-refractivity contribution >= 4 is 40.0 Å². The zero-order valence-corrected chi connectivity index (χ0v) is 16.9. The molecule has 3 N–H and O–H groups in total. The number of rotatable bonds is 5. The summed E-state index contributed by atoms with van der Waals surface area (Å²) in [6.07, 6.45) is 1.02. The molecule has 0 amide bonds. The maximum Gasteiger partial charge on any atom is 0.329 e. The standard InChI is InChI=1S/C20H16ClN7O3/c1-11(24-17-15(28(30)31)10-23-20(22)26-17)18-25-14-9-5-8-13(21)16(14)19(29)27(18)12-6-3-2-4-7-12/h2-11H,1H3,(H3,22,23,24,26). The molecule has 0 aliphatic heterocycles. The molecule has 2 heterocycles. The highest BCUT2D eigenvalue weighted by Crippen LogP contribution is 2.27. The number of nitrogen functional groups attached to an aromatic ring is 1. The molecule has 0 saturated heterocycles. The number of benzene rings is 2. The lowest BCUT2D eigenvalue weighted by atomic mass is 10.2. The number of hydrogen-bond acceptors (Lipinski definition) is 8. The zero-order valence-electron chi connectivity index (χ0n) is 16.2. The van der Waals surface area contributed by atoms with Crippen LogP contribution in [0.1, 0.15) is 18.8 Å². The quantitative estimate of drug-likeness (QED) is 0.357. The predicted molar refractivity (Wildman–Crippen MR) is 117 cm³/mol. The van der Waals surface area contributed by atoms with Crippen molar-refractivity contribution in [1.29, 1.82) is 0 Å². The van der Waals surface area contributed by atoms with E-state index in [1.54, 1.807) is 49.4 Å². The Hall–Kier alpha value is -4.05. The third kappa shape index (κ3) is 3.76. The topological polar surface area (TPSA) is 142 Å². The summed E-state index contributed by atoms with van der Waals surface area (Å²) in [5.74, 6) is 0.113. The summed E-state index contributed by atoms with van der Waals surface area (Å²) in [6.45, 7) is 1.71. The Bertz CT molecular complexity index is 1360. The fourth-order valence-corrected chi connectivity index (χ4v) is 3.47. The highest BCUT2D eigenvalue weighted by molar-refractivity contribution is 6.35. The van der Waals surface area contributed by atoms with Crippen LogP contribution in [0, 0.1) is 10.1 Å². The van der Waals surface area contributed by atoms with Gasteiger partial charge >= 0.3 is 5.69 Å². The van der Waals surface area contributed by atoms with E-state index >= 15 is 0 Å². The minimum atomic E-state index is -0.663. The normalized spacial score (nSPS) is 11.9. The number of aromatic nitrogens is 4. The largest absolute Gasteiger partial charge is 0.368 e. The van der Waals surface area contributed by atoms with E-state index in [1.807, 2.05) is 6.07 Å². The lowest BCUT2D eigenvalue weighted by Crippen LogP contribution is -2.27. The molecule has 4 aromatic rings. The summed E-state index contributed by atoms with van der Waals surface area (Å²) in [6, 6.07) is 13.2. The number of hydrogen-bond donors (Lipinski definition) is 2. The van der Waals surface area contributed by atoms with Crippen molar-refractivity contribution < 1.29 is 4.92 Å². The van der Waals surface area contributed by atoms with E-state index in [0.29, 0.717) is 17.0 Å². The van der Waals surface area contributed by atoms with Gasteiger partial charge in [-0.05, 0) is 31.2 Å².